The van der Waals surface area contributed by atoms with E-state index in [4.69, 9.17) is 5.73 Å². The van der Waals surface area contributed by atoms with Crippen molar-refractivity contribution in [3.8, 4) is 0 Å². The molecule has 0 unspecified atom stereocenters. The minimum Gasteiger partial charge on any atom is -0.370 e. The molecule has 0 saturated heterocycles. The summed E-state index contributed by atoms with van der Waals surface area (Å²) < 4.78 is 0. The van der Waals surface area contributed by atoms with Gasteiger partial charge in [-0.3, -0.25) is 4.99 Å². The highest BCUT2D eigenvalue weighted by Crippen LogP contribution is 2.19. The van der Waals surface area contributed by atoms with Crippen molar-refractivity contribution >= 4 is 16.9 Å². The topological polar surface area (TPSA) is 66.2 Å². The van der Waals surface area contributed by atoms with Gasteiger partial charge in [0.25, 0.3) is 0 Å². The van der Waals surface area contributed by atoms with Crippen LogP contribution in [0, 0.1) is 6.92 Å². The van der Waals surface area contributed by atoms with Crippen molar-refractivity contribution in [2.45, 2.75) is 19.8 Å². The van der Waals surface area contributed by atoms with Gasteiger partial charge in [-0.1, -0.05) is 42.5 Å². The number of aromatic nitrogens is 1. The smallest absolute Gasteiger partial charge is 0.188 e. The zero-order valence-electron chi connectivity index (χ0n) is 14.0. The monoisotopic (exact) mass is 320 g/mol. The number of nitrogens with two attached hydrogens (primary N) is 1. The molecule has 0 aliphatic rings. The van der Waals surface area contributed by atoms with E-state index in [1.54, 1.807) is 0 Å². The summed E-state index contributed by atoms with van der Waals surface area (Å²) in [6.07, 6.45) is 3.89. The second-order valence-corrected chi connectivity index (χ2v) is 6.04. The highest BCUT2D eigenvalue weighted by Gasteiger charge is 2.03. The molecule has 0 amide bonds. The number of fused-ring (bicyclic) bond motifs is 1. The van der Waals surface area contributed by atoms with Gasteiger partial charge in [0.1, 0.15) is 0 Å². The van der Waals surface area contributed by atoms with Gasteiger partial charge in [0, 0.05) is 30.2 Å². The van der Waals surface area contributed by atoms with E-state index in [1.807, 2.05) is 6.07 Å². The summed E-state index contributed by atoms with van der Waals surface area (Å²) >= 11 is 0. The largest absolute Gasteiger partial charge is 0.370 e. The van der Waals surface area contributed by atoms with Crippen LogP contribution in [0.5, 0.6) is 0 Å². The average Bonchev–Trinajstić information content (AvgIpc) is 2.98. The van der Waals surface area contributed by atoms with E-state index in [2.05, 4.69) is 70.9 Å². The van der Waals surface area contributed by atoms with Crippen LogP contribution < -0.4 is 11.1 Å². The molecule has 0 aliphatic heterocycles. The van der Waals surface area contributed by atoms with Crippen LogP contribution in [0.2, 0.25) is 0 Å². The Balaban J connectivity index is 1.48. The Morgan fingerprint density at radius 3 is 2.79 bits per heavy atom. The first kappa shape index (κ1) is 16.1. The molecule has 0 spiro atoms. The van der Waals surface area contributed by atoms with Crippen molar-refractivity contribution in [1.29, 1.82) is 0 Å². The predicted molar refractivity (Wildman–Crippen MR) is 101 cm³/mol. The number of aromatic amines is 1. The van der Waals surface area contributed by atoms with E-state index >= 15 is 0 Å². The summed E-state index contributed by atoms with van der Waals surface area (Å²) in [6, 6.07) is 16.8. The molecule has 124 valence electrons. The Kier molecular flexibility index (Phi) is 5.16. The molecule has 24 heavy (non-hydrogen) atoms. The summed E-state index contributed by atoms with van der Waals surface area (Å²) in [7, 11) is 0. The lowest BCUT2D eigenvalue weighted by atomic mass is 10.1. The Hall–Kier alpha value is -2.75. The highest BCUT2D eigenvalue weighted by atomic mass is 15.1. The maximum atomic E-state index is 5.94. The third-order valence-corrected chi connectivity index (χ3v) is 4.15. The van der Waals surface area contributed by atoms with E-state index in [9.17, 15) is 0 Å². The first-order chi connectivity index (χ1) is 11.7. The summed E-state index contributed by atoms with van der Waals surface area (Å²) in [4.78, 5) is 7.75. The van der Waals surface area contributed by atoms with Crippen LogP contribution >= 0.6 is 0 Å². The summed E-state index contributed by atoms with van der Waals surface area (Å²) in [5.74, 6) is 0.515. The van der Waals surface area contributed by atoms with Crippen LogP contribution in [0.25, 0.3) is 10.9 Å². The Morgan fingerprint density at radius 2 is 1.96 bits per heavy atom. The fourth-order valence-corrected chi connectivity index (χ4v) is 2.84. The second-order valence-electron chi connectivity index (χ2n) is 6.04. The van der Waals surface area contributed by atoms with Crippen LogP contribution in [-0.4, -0.2) is 24.0 Å². The Labute approximate surface area is 142 Å². The van der Waals surface area contributed by atoms with Gasteiger partial charge in [-0.15, -0.1) is 0 Å². The zero-order chi connectivity index (χ0) is 16.8. The van der Waals surface area contributed by atoms with E-state index in [1.165, 1.54) is 27.6 Å². The van der Waals surface area contributed by atoms with E-state index in [0.29, 0.717) is 12.5 Å². The maximum Gasteiger partial charge on any atom is 0.188 e. The number of hydrogen-bond acceptors (Lipinski definition) is 1. The fraction of sp³-hybridized carbons (Fsp3) is 0.250. The molecule has 3 aromatic rings. The number of nitrogens with zero attached hydrogens (tertiary/aromatic N) is 1. The second kappa shape index (κ2) is 7.68. The van der Waals surface area contributed by atoms with E-state index < -0.39 is 0 Å². The maximum absolute atomic E-state index is 5.94. The summed E-state index contributed by atoms with van der Waals surface area (Å²) in [6.45, 7) is 3.59. The third kappa shape index (κ3) is 4.16. The Bertz CT molecular complexity index is 818. The number of aliphatic imine (C=N–C) groups is 1. The van der Waals surface area contributed by atoms with Crippen LogP contribution in [-0.2, 0) is 12.8 Å². The SMILES string of the molecule is Cc1ccc2c(CCN=C(N)NCCc3ccccc3)c[nH]c2c1. The van der Waals surface area contributed by atoms with Crippen molar-refractivity contribution in [1.82, 2.24) is 10.3 Å². The van der Waals surface area contributed by atoms with Gasteiger partial charge in [-0.25, -0.2) is 0 Å². The van der Waals surface area contributed by atoms with Gasteiger partial charge >= 0.3 is 0 Å². The standard InChI is InChI=1S/C20H24N4/c1-15-7-8-18-17(14-24-19(18)13-15)10-12-23-20(21)22-11-9-16-5-3-2-4-6-16/h2-8,13-14,24H,9-12H2,1H3,(H3,21,22,23). The molecule has 4 heteroatoms. The van der Waals surface area contributed by atoms with Crippen LogP contribution in [0.1, 0.15) is 16.7 Å². The van der Waals surface area contributed by atoms with Gasteiger partial charge in [0.15, 0.2) is 5.96 Å². The highest BCUT2D eigenvalue weighted by molar-refractivity contribution is 5.84. The van der Waals surface area contributed by atoms with Crippen LogP contribution in [0.15, 0.2) is 59.7 Å². The van der Waals surface area contributed by atoms with Gasteiger partial charge in [-0.05, 0) is 42.5 Å². The number of H-pyrrole nitrogens is 1. The van der Waals surface area contributed by atoms with Crippen molar-refractivity contribution in [2.24, 2.45) is 10.7 Å². The van der Waals surface area contributed by atoms with E-state index in [0.717, 1.165) is 19.4 Å². The molecule has 1 heterocycles. The molecule has 2 aromatic carbocycles. The number of guanidine groups is 1. The van der Waals surface area contributed by atoms with Crippen molar-refractivity contribution in [2.75, 3.05) is 13.1 Å². The summed E-state index contributed by atoms with van der Waals surface area (Å²) in [5, 5.41) is 4.45. The lowest BCUT2D eigenvalue weighted by molar-refractivity contribution is 0.844. The quantitative estimate of drug-likeness (QED) is 0.482. The number of rotatable bonds is 6. The third-order valence-electron chi connectivity index (χ3n) is 4.15. The number of nitrogens with one attached hydrogen (secondary N) is 2. The zero-order valence-corrected chi connectivity index (χ0v) is 14.0. The molecule has 1 aromatic heterocycles. The predicted octanol–water partition coefficient (Wildman–Crippen LogP) is 3.17. The van der Waals surface area contributed by atoms with E-state index in [-0.39, 0.29) is 0 Å². The number of aryl methyl sites for hydroxylation is 1. The van der Waals surface area contributed by atoms with Crippen LogP contribution in [0.3, 0.4) is 0 Å². The number of benzene rings is 2. The first-order valence-electron chi connectivity index (χ1n) is 8.37. The van der Waals surface area contributed by atoms with Gasteiger partial charge < -0.3 is 16.0 Å². The van der Waals surface area contributed by atoms with Crippen molar-refractivity contribution < 1.29 is 0 Å². The average molecular weight is 320 g/mol. The molecule has 4 N–H and O–H groups in total. The molecule has 0 atom stereocenters. The summed E-state index contributed by atoms with van der Waals surface area (Å²) in [5.41, 5.74) is 11.0. The van der Waals surface area contributed by atoms with Gasteiger partial charge in [0.05, 0.1) is 0 Å². The molecule has 0 aliphatic carbocycles. The Morgan fingerprint density at radius 1 is 1.12 bits per heavy atom. The minimum absolute atomic E-state index is 0.515. The molecule has 0 radical (unpaired) electrons. The molecule has 3 rings (SSSR count). The lowest BCUT2D eigenvalue weighted by Gasteiger charge is -2.05. The molecule has 0 bridgehead atoms. The molecular formula is C20H24N4. The first-order valence-corrected chi connectivity index (χ1v) is 8.37. The normalized spacial score (nSPS) is 11.8. The van der Waals surface area contributed by atoms with Crippen molar-refractivity contribution in [3.63, 3.8) is 0 Å². The fourth-order valence-electron chi connectivity index (χ4n) is 2.84. The lowest BCUT2D eigenvalue weighted by Crippen LogP contribution is -2.33. The number of hydrogen-bond donors (Lipinski definition) is 3. The van der Waals surface area contributed by atoms with Gasteiger partial charge in [0.2, 0.25) is 0 Å². The molecule has 0 fully saturated rings. The minimum atomic E-state index is 0.515. The van der Waals surface area contributed by atoms with Crippen molar-refractivity contribution in [3.05, 3.63) is 71.4 Å². The molecular weight excluding hydrogens is 296 g/mol. The molecule has 4 nitrogen and oxygen atoms in total. The van der Waals surface area contributed by atoms with Crippen LogP contribution in [0.4, 0.5) is 0 Å². The van der Waals surface area contributed by atoms with Gasteiger partial charge in [-0.2, -0.15) is 0 Å². The molecule has 0 saturated carbocycles.